The van der Waals surface area contributed by atoms with Crippen molar-refractivity contribution in [1.29, 1.82) is 0 Å². The van der Waals surface area contributed by atoms with E-state index in [2.05, 4.69) is 26.0 Å². The van der Waals surface area contributed by atoms with E-state index in [-0.39, 0.29) is 0 Å². The van der Waals surface area contributed by atoms with E-state index >= 15 is 0 Å². The highest BCUT2D eigenvalue weighted by Gasteiger charge is 2.10. The number of aryl methyl sites for hydroxylation is 1. The van der Waals surface area contributed by atoms with Crippen molar-refractivity contribution >= 4 is 32.7 Å². The summed E-state index contributed by atoms with van der Waals surface area (Å²) in [7, 11) is 0. The number of benzene rings is 1. The number of nitrogens with zero attached hydrogens (tertiary/aromatic N) is 3. The van der Waals surface area contributed by atoms with Crippen LogP contribution in [0.1, 0.15) is 5.69 Å². The van der Waals surface area contributed by atoms with Crippen LogP contribution in [0.4, 0.5) is 5.82 Å². The average Bonchev–Trinajstić information content (AvgIpc) is 2.69. The first kappa shape index (κ1) is 11.2. The number of halogens is 1. The monoisotopic (exact) mass is 302 g/mol. The Hall–Kier alpha value is -1.88. The third-order valence-corrected chi connectivity index (χ3v) is 3.42. The molecule has 5 heteroatoms. The molecule has 0 unspecified atom stereocenters. The minimum atomic E-state index is 0.625. The molecule has 0 aliphatic heterocycles. The summed E-state index contributed by atoms with van der Waals surface area (Å²) in [5.41, 5.74) is 8.71. The molecule has 2 aromatic heterocycles. The van der Waals surface area contributed by atoms with E-state index in [1.165, 1.54) is 0 Å². The summed E-state index contributed by atoms with van der Waals surface area (Å²) < 4.78 is 2.70. The third-order valence-electron chi connectivity index (χ3n) is 2.78. The van der Waals surface area contributed by atoms with E-state index in [9.17, 15) is 0 Å². The van der Waals surface area contributed by atoms with Gasteiger partial charge in [0.2, 0.25) is 0 Å². The second-order valence-electron chi connectivity index (χ2n) is 4.09. The molecule has 3 rings (SSSR count). The molecule has 2 heterocycles. The van der Waals surface area contributed by atoms with E-state index < -0.39 is 0 Å². The molecule has 2 N–H and O–H groups in total. The van der Waals surface area contributed by atoms with Crippen LogP contribution in [-0.4, -0.2) is 14.8 Å². The first-order valence-corrected chi connectivity index (χ1v) is 6.32. The number of anilines is 1. The summed E-state index contributed by atoms with van der Waals surface area (Å²) in [5, 5.41) is 5.42. The molecular formula is C13H11BrN4. The molecule has 0 radical (unpaired) electrons. The molecule has 1 aromatic carbocycles. The lowest BCUT2D eigenvalue weighted by molar-refractivity contribution is 0.878. The third kappa shape index (κ3) is 1.67. The lowest BCUT2D eigenvalue weighted by Gasteiger charge is -2.08. The fourth-order valence-corrected chi connectivity index (χ4v) is 2.47. The van der Waals surface area contributed by atoms with Gasteiger partial charge in [0.15, 0.2) is 0 Å². The molecule has 90 valence electrons. The van der Waals surface area contributed by atoms with Gasteiger partial charge in [-0.3, -0.25) is 4.98 Å². The van der Waals surface area contributed by atoms with Gasteiger partial charge in [-0.15, -0.1) is 0 Å². The number of nitrogens with two attached hydrogens (primary N) is 1. The predicted octanol–water partition coefficient (Wildman–Crippen LogP) is 3.07. The summed E-state index contributed by atoms with van der Waals surface area (Å²) in [5.74, 6) is 0.625. The average molecular weight is 303 g/mol. The van der Waals surface area contributed by atoms with Crippen LogP contribution in [-0.2, 0) is 0 Å². The second-order valence-corrected chi connectivity index (χ2v) is 4.94. The van der Waals surface area contributed by atoms with E-state index in [1.54, 1.807) is 10.9 Å². The highest BCUT2D eigenvalue weighted by molar-refractivity contribution is 9.10. The van der Waals surface area contributed by atoms with Gasteiger partial charge in [-0.1, -0.05) is 0 Å². The van der Waals surface area contributed by atoms with Gasteiger partial charge in [-0.2, -0.15) is 5.10 Å². The van der Waals surface area contributed by atoms with Gasteiger partial charge >= 0.3 is 0 Å². The fraction of sp³-hybridized carbons (Fsp3) is 0.0769. The van der Waals surface area contributed by atoms with Gasteiger partial charge in [0, 0.05) is 22.1 Å². The summed E-state index contributed by atoms with van der Waals surface area (Å²) in [4.78, 5) is 4.37. The topological polar surface area (TPSA) is 56.7 Å². The number of fused-ring (bicyclic) bond motifs is 1. The van der Waals surface area contributed by atoms with Crippen molar-refractivity contribution < 1.29 is 0 Å². The molecule has 0 amide bonds. The van der Waals surface area contributed by atoms with Gasteiger partial charge in [-0.05, 0) is 47.1 Å². The first-order chi connectivity index (χ1) is 8.66. The standard InChI is InChI=1S/C13H11BrN4/c1-8-7-12(15)18(17-8)11-5-4-10(14)13-9(11)3-2-6-16-13/h2-7H,15H2,1H3. The molecule has 18 heavy (non-hydrogen) atoms. The van der Waals surface area contributed by atoms with Crippen molar-refractivity contribution in [3.05, 3.63) is 46.7 Å². The molecule has 4 nitrogen and oxygen atoms in total. The lowest BCUT2D eigenvalue weighted by atomic mass is 10.2. The van der Waals surface area contributed by atoms with Crippen molar-refractivity contribution in [2.24, 2.45) is 0 Å². The summed E-state index contributed by atoms with van der Waals surface area (Å²) in [6.07, 6.45) is 1.77. The number of aromatic nitrogens is 3. The van der Waals surface area contributed by atoms with Crippen molar-refractivity contribution in [1.82, 2.24) is 14.8 Å². The quantitative estimate of drug-likeness (QED) is 0.751. The Morgan fingerprint density at radius 2 is 2.11 bits per heavy atom. The van der Waals surface area contributed by atoms with Crippen LogP contribution in [0.5, 0.6) is 0 Å². The van der Waals surface area contributed by atoms with Crippen molar-refractivity contribution in [2.75, 3.05) is 5.73 Å². The maximum Gasteiger partial charge on any atom is 0.127 e. The van der Waals surface area contributed by atoms with E-state index in [1.807, 2.05) is 37.3 Å². The highest BCUT2D eigenvalue weighted by Crippen LogP contribution is 2.28. The Morgan fingerprint density at radius 1 is 1.28 bits per heavy atom. The van der Waals surface area contributed by atoms with Crippen LogP contribution in [0.3, 0.4) is 0 Å². The van der Waals surface area contributed by atoms with E-state index in [0.717, 1.165) is 26.8 Å². The Bertz CT molecular complexity index is 733. The molecule has 0 atom stereocenters. The normalized spacial score (nSPS) is 11.0. The number of hydrogen-bond acceptors (Lipinski definition) is 3. The summed E-state index contributed by atoms with van der Waals surface area (Å²) in [6.45, 7) is 1.92. The molecule has 0 saturated heterocycles. The molecule has 0 spiro atoms. The SMILES string of the molecule is Cc1cc(N)n(-c2ccc(Br)c3ncccc23)n1. The van der Waals surface area contributed by atoms with Gasteiger partial charge in [-0.25, -0.2) is 4.68 Å². The second kappa shape index (κ2) is 4.10. The fourth-order valence-electron chi connectivity index (χ4n) is 2.02. The summed E-state index contributed by atoms with van der Waals surface area (Å²) >= 11 is 3.50. The van der Waals surface area contributed by atoms with Gasteiger partial charge in [0.1, 0.15) is 5.82 Å². The molecule has 0 saturated carbocycles. The molecular weight excluding hydrogens is 292 g/mol. The first-order valence-electron chi connectivity index (χ1n) is 5.52. The zero-order valence-corrected chi connectivity index (χ0v) is 11.3. The highest BCUT2D eigenvalue weighted by atomic mass is 79.9. The van der Waals surface area contributed by atoms with Crippen molar-refractivity contribution in [3.63, 3.8) is 0 Å². The Balaban J connectivity index is 2.37. The van der Waals surface area contributed by atoms with E-state index in [0.29, 0.717) is 5.82 Å². The number of pyridine rings is 1. The van der Waals surface area contributed by atoms with E-state index in [4.69, 9.17) is 5.73 Å². The number of nitrogen functional groups attached to an aromatic ring is 1. The van der Waals surface area contributed by atoms with Crippen molar-refractivity contribution in [2.45, 2.75) is 6.92 Å². The molecule has 0 bridgehead atoms. The lowest BCUT2D eigenvalue weighted by Crippen LogP contribution is -2.02. The predicted molar refractivity (Wildman–Crippen MR) is 75.7 cm³/mol. The zero-order chi connectivity index (χ0) is 12.7. The maximum absolute atomic E-state index is 5.97. The molecule has 0 aliphatic rings. The minimum Gasteiger partial charge on any atom is -0.384 e. The number of rotatable bonds is 1. The maximum atomic E-state index is 5.97. The minimum absolute atomic E-state index is 0.625. The van der Waals surface area contributed by atoms with Crippen molar-refractivity contribution in [3.8, 4) is 5.69 Å². The molecule has 0 aliphatic carbocycles. The Kier molecular flexibility index (Phi) is 2.56. The zero-order valence-electron chi connectivity index (χ0n) is 9.76. The summed E-state index contributed by atoms with van der Waals surface area (Å²) in [6, 6.07) is 9.71. The van der Waals surface area contributed by atoms with Gasteiger partial charge in [0.05, 0.1) is 16.9 Å². The molecule has 0 fully saturated rings. The van der Waals surface area contributed by atoms with Gasteiger partial charge in [0.25, 0.3) is 0 Å². The van der Waals surface area contributed by atoms with Crippen LogP contribution in [0.15, 0.2) is 41.0 Å². The van der Waals surface area contributed by atoms with Crippen LogP contribution < -0.4 is 5.73 Å². The largest absolute Gasteiger partial charge is 0.384 e. The van der Waals surface area contributed by atoms with Crippen LogP contribution in [0, 0.1) is 6.92 Å². The van der Waals surface area contributed by atoms with Crippen LogP contribution >= 0.6 is 15.9 Å². The van der Waals surface area contributed by atoms with Crippen LogP contribution in [0.2, 0.25) is 0 Å². The smallest absolute Gasteiger partial charge is 0.127 e. The Labute approximate surface area is 113 Å². The van der Waals surface area contributed by atoms with Crippen LogP contribution in [0.25, 0.3) is 16.6 Å². The molecule has 3 aromatic rings. The van der Waals surface area contributed by atoms with Gasteiger partial charge < -0.3 is 5.73 Å². The Morgan fingerprint density at radius 3 is 2.83 bits per heavy atom. The number of hydrogen-bond donors (Lipinski definition) is 1.